The second kappa shape index (κ2) is 6.46. The summed E-state index contributed by atoms with van der Waals surface area (Å²) in [6.07, 6.45) is 1.04. The minimum absolute atomic E-state index is 0.528. The maximum absolute atomic E-state index is 5.66. The fourth-order valence-electron chi connectivity index (χ4n) is 1.51. The molecule has 15 heavy (non-hydrogen) atoms. The van der Waals surface area contributed by atoms with Gasteiger partial charge in [-0.1, -0.05) is 19.1 Å². The van der Waals surface area contributed by atoms with Gasteiger partial charge in [0.1, 0.15) is 5.75 Å². The highest BCUT2D eigenvalue weighted by Gasteiger charge is 2.00. The van der Waals surface area contributed by atoms with Gasteiger partial charge in [-0.05, 0) is 44.5 Å². The van der Waals surface area contributed by atoms with Crippen molar-refractivity contribution < 1.29 is 4.74 Å². The molecule has 0 aliphatic carbocycles. The van der Waals surface area contributed by atoms with Gasteiger partial charge in [-0.2, -0.15) is 0 Å². The molecule has 2 heteroatoms. The average Bonchev–Trinajstić information content (AvgIpc) is 2.18. The summed E-state index contributed by atoms with van der Waals surface area (Å²) in [6, 6.07) is 8.70. The van der Waals surface area contributed by atoms with E-state index in [4.69, 9.17) is 4.74 Å². The third-order valence-corrected chi connectivity index (χ3v) is 2.36. The molecule has 1 N–H and O–H groups in total. The van der Waals surface area contributed by atoms with Crippen LogP contribution in [0.3, 0.4) is 0 Å². The van der Waals surface area contributed by atoms with E-state index in [0.29, 0.717) is 6.04 Å². The highest BCUT2D eigenvalue weighted by Crippen LogP contribution is 2.12. The van der Waals surface area contributed by atoms with Crippen molar-refractivity contribution in [1.29, 1.82) is 0 Å². The first-order chi connectivity index (χ1) is 7.22. The normalized spacial score (nSPS) is 12.5. The van der Waals surface area contributed by atoms with Gasteiger partial charge in [-0.25, -0.2) is 0 Å². The number of hydrogen-bond acceptors (Lipinski definition) is 2. The monoisotopic (exact) mass is 207 g/mol. The number of rotatable bonds is 6. The van der Waals surface area contributed by atoms with Crippen molar-refractivity contribution in [3.05, 3.63) is 29.8 Å². The van der Waals surface area contributed by atoms with Crippen molar-refractivity contribution in [3.63, 3.8) is 0 Å². The Balaban J connectivity index is 2.25. The van der Waals surface area contributed by atoms with E-state index >= 15 is 0 Å². The molecule has 0 spiro atoms. The maximum Gasteiger partial charge on any atom is 0.119 e. The molecule has 0 fully saturated rings. The van der Waals surface area contributed by atoms with Gasteiger partial charge in [0.05, 0.1) is 6.61 Å². The minimum atomic E-state index is 0.528. The number of benzene rings is 1. The Bertz CT molecular complexity index is 286. The standard InChI is InChI=1S/C13H21NO/c1-4-14-12(3)8-9-15-13-7-5-6-11(2)10-13/h5-7,10,12,14H,4,8-9H2,1-3H3. The lowest BCUT2D eigenvalue weighted by Gasteiger charge is -2.12. The van der Waals surface area contributed by atoms with Gasteiger partial charge in [-0.15, -0.1) is 0 Å². The van der Waals surface area contributed by atoms with E-state index in [9.17, 15) is 0 Å². The Morgan fingerprint density at radius 3 is 2.87 bits per heavy atom. The van der Waals surface area contributed by atoms with Gasteiger partial charge >= 0.3 is 0 Å². The third-order valence-electron chi connectivity index (χ3n) is 2.36. The van der Waals surface area contributed by atoms with Crippen LogP contribution in [0.2, 0.25) is 0 Å². The van der Waals surface area contributed by atoms with Gasteiger partial charge in [-0.3, -0.25) is 0 Å². The van der Waals surface area contributed by atoms with Crippen molar-refractivity contribution in [2.45, 2.75) is 33.2 Å². The number of nitrogens with one attached hydrogen (secondary N) is 1. The van der Waals surface area contributed by atoms with Gasteiger partial charge < -0.3 is 10.1 Å². The Morgan fingerprint density at radius 1 is 1.40 bits per heavy atom. The van der Waals surface area contributed by atoms with Gasteiger partial charge in [0.2, 0.25) is 0 Å². The van der Waals surface area contributed by atoms with Crippen LogP contribution in [0.15, 0.2) is 24.3 Å². The van der Waals surface area contributed by atoms with Crippen LogP contribution in [0.25, 0.3) is 0 Å². The Labute approximate surface area is 92.6 Å². The molecule has 2 nitrogen and oxygen atoms in total. The fourth-order valence-corrected chi connectivity index (χ4v) is 1.51. The summed E-state index contributed by atoms with van der Waals surface area (Å²) >= 11 is 0. The summed E-state index contributed by atoms with van der Waals surface area (Å²) in [5.74, 6) is 0.971. The van der Waals surface area contributed by atoms with Crippen LogP contribution in [0.1, 0.15) is 25.8 Å². The molecule has 1 aromatic carbocycles. The zero-order chi connectivity index (χ0) is 11.1. The highest BCUT2D eigenvalue weighted by atomic mass is 16.5. The predicted molar refractivity (Wildman–Crippen MR) is 64.4 cm³/mol. The first-order valence-electron chi connectivity index (χ1n) is 5.65. The van der Waals surface area contributed by atoms with E-state index in [0.717, 1.165) is 25.3 Å². The van der Waals surface area contributed by atoms with Crippen LogP contribution in [-0.4, -0.2) is 19.2 Å². The molecular weight excluding hydrogens is 186 g/mol. The van der Waals surface area contributed by atoms with Crippen molar-refractivity contribution in [2.75, 3.05) is 13.2 Å². The second-order valence-corrected chi connectivity index (χ2v) is 3.91. The SMILES string of the molecule is CCNC(C)CCOc1cccc(C)c1. The average molecular weight is 207 g/mol. The lowest BCUT2D eigenvalue weighted by Crippen LogP contribution is -2.27. The topological polar surface area (TPSA) is 21.3 Å². The van der Waals surface area contributed by atoms with Crippen LogP contribution in [0, 0.1) is 6.92 Å². The Morgan fingerprint density at radius 2 is 2.20 bits per heavy atom. The molecule has 0 saturated heterocycles. The van der Waals surface area contributed by atoms with Gasteiger partial charge in [0.15, 0.2) is 0 Å². The van der Waals surface area contributed by atoms with Crippen LogP contribution in [-0.2, 0) is 0 Å². The van der Waals surface area contributed by atoms with Crippen LogP contribution < -0.4 is 10.1 Å². The first kappa shape index (κ1) is 12.1. The summed E-state index contributed by atoms with van der Waals surface area (Å²) in [7, 11) is 0. The smallest absolute Gasteiger partial charge is 0.119 e. The van der Waals surface area contributed by atoms with E-state index in [2.05, 4.69) is 38.2 Å². The lowest BCUT2D eigenvalue weighted by molar-refractivity contribution is 0.291. The molecular formula is C13H21NO. The van der Waals surface area contributed by atoms with Crippen molar-refractivity contribution in [3.8, 4) is 5.75 Å². The second-order valence-electron chi connectivity index (χ2n) is 3.91. The summed E-state index contributed by atoms with van der Waals surface area (Å²) < 4.78 is 5.66. The maximum atomic E-state index is 5.66. The van der Waals surface area contributed by atoms with E-state index in [1.807, 2.05) is 12.1 Å². The molecule has 0 radical (unpaired) electrons. The molecule has 0 heterocycles. The molecule has 0 amide bonds. The number of ether oxygens (including phenoxy) is 1. The predicted octanol–water partition coefficient (Wildman–Crippen LogP) is 2.76. The molecule has 0 bridgehead atoms. The molecule has 0 aliphatic heterocycles. The zero-order valence-corrected chi connectivity index (χ0v) is 9.92. The molecule has 0 aliphatic rings. The van der Waals surface area contributed by atoms with E-state index in [-0.39, 0.29) is 0 Å². The summed E-state index contributed by atoms with van der Waals surface area (Å²) in [5, 5.41) is 3.36. The Hall–Kier alpha value is -1.02. The third kappa shape index (κ3) is 4.84. The largest absolute Gasteiger partial charge is 0.494 e. The summed E-state index contributed by atoms with van der Waals surface area (Å²) in [4.78, 5) is 0. The van der Waals surface area contributed by atoms with Crippen molar-refractivity contribution in [1.82, 2.24) is 5.32 Å². The van der Waals surface area contributed by atoms with Gasteiger partial charge in [0.25, 0.3) is 0 Å². The molecule has 1 unspecified atom stereocenters. The van der Waals surface area contributed by atoms with Crippen LogP contribution in [0.4, 0.5) is 0 Å². The summed E-state index contributed by atoms with van der Waals surface area (Å²) in [5.41, 5.74) is 1.24. The van der Waals surface area contributed by atoms with Crippen molar-refractivity contribution >= 4 is 0 Å². The highest BCUT2D eigenvalue weighted by molar-refractivity contribution is 5.27. The molecule has 1 rings (SSSR count). The number of aryl methyl sites for hydroxylation is 1. The minimum Gasteiger partial charge on any atom is -0.494 e. The molecule has 0 saturated carbocycles. The first-order valence-corrected chi connectivity index (χ1v) is 5.65. The van der Waals surface area contributed by atoms with E-state index in [1.54, 1.807) is 0 Å². The molecule has 84 valence electrons. The number of hydrogen-bond donors (Lipinski definition) is 1. The van der Waals surface area contributed by atoms with E-state index in [1.165, 1.54) is 5.56 Å². The summed E-state index contributed by atoms with van der Waals surface area (Å²) in [6.45, 7) is 8.18. The van der Waals surface area contributed by atoms with E-state index < -0.39 is 0 Å². The molecule has 1 atom stereocenters. The lowest BCUT2D eigenvalue weighted by atomic mass is 10.2. The van der Waals surface area contributed by atoms with Crippen LogP contribution >= 0.6 is 0 Å². The zero-order valence-electron chi connectivity index (χ0n) is 9.92. The van der Waals surface area contributed by atoms with Crippen molar-refractivity contribution in [2.24, 2.45) is 0 Å². The molecule has 0 aromatic heterocycles. The van der Waals surface area contributed by atoms with Gasteiger partial charge in [0, 0.05) is 6.04 Å². The molecule has 1 aromatic rings. The quantitative estimate of drug-likeness (QED) is 0.774. The fraction of sp³-hybridized carbons (Fsp3) is 0.538. The Kier molecular flexibility index (Phi) is 5.19. The van der Waals surface area contributed by atoms with Crippen LogP contribution in [0.5, 0.6) is 5.75 Å².